The van der Waals surface area contributed by atoms with Crippen LogP contribution in [0.4, 0.5) is 34.1 Å². The van der Waals surface area contributed by atoms with Gasteiger partial charge in [-0.1, -0.05) is 12.1 Å². The van der Waals surface area contributed by atoms with Crippen molar-refractivity contribution in [3.8, 4) is 11.5 Å². The zero-order valence-electron chi connectivity index (χ0n) is 28.5. The minimum atomic E-state index is -0.435. The van der Waals surface area contributed by atoms with Crippen LogP contribution in [0.2, 0.25) is 0 Å². The van der Waals surface area contributed by atoms with Gasteiger partial charge in [0.05, 0.1) is 24.1 Å². The quantitative estimate of drug-likeness (QED) is 0.127. The minimum Gasteiger partial charge on any atom is -0.497 e. The molecule has 6 rings (SSSR count). The summed E-state index contributed by atoms with van der Waals surface area (Å²) in [6, 6.07) is 23.2. The largest absolute Gasteiger partial charge is 0.497 e. The first-order valence-electron chi connectivity index (χ1n) is 16.6. The van der Waals surface area contributed by atoms with E-state index in [9.17, 15) is 29.8 Å². The normalized spacial score (nSPS) is 13.8. The molecule has 0 atom stereocenters. The third-order valence-electron chi connectivity index (χ3n) is 8.67. The van der Waals surface area contributed by atoms with Crippen LogP contribution in [-0.2, 0) is 0 Å². The van der Waals surface area contributed by atoms with E-state index >= 15 is 0 Å². The Balaban J connectivity index is 0.000000198. The number of rotatable bonds is 10. The molecule has 0 bridgehead atoms. The van der Waals surface area contributed by atoms with Crippen molar-refractivity contribution in [1.29, 1.82) is 0 Å². The lowest BCUT2D eigenvalue weighted by Crippen LogP contribution is -2.30. The molecule has 0 aliphatic carbocycles. The minimum absolute atomic E-state index is 0.0369. The van der Waals surface area contributed by atoms with Crippen molar-refractivity contribution >= 4 is 45.9 Å². The first-order chi connectivity index (χ1) is 24.7. The number of nitro benzene ring substituents is 2. The third kappa shape index (κ3) is 9.29. The Morgan fingerprint density at radius 3 is 1.35 bits per heavy atom. The van der Waals surface area contributed by atoms with E-state index in [1.165, 1.54) is 12.1 Å². The van der Waals surface area contributed by atoms with Crippen molar-refractivity contribution in [1.82, 2.24) is 0 Å². The summed E-state index contributed by atoms with van der Waals surface area (Å²) in [5.41, 5.74) is 2.70. The highest BCUT2D eigenvalue weighted by molar-refractivity contribution is 6.06. The second kappa shape index (κ2) is 17.0. The number of benzene rings is 4. The van der Waals surface area contributed by atoms with Crippen LogP contribution in [-0.4, -0.2) is 62.1 Å². The number of methoxy groups -OCH3 is 2. The number of nitrogens with zero attached hydrogens (tertiary/aromatic N) is 4. The SMILES string of the molecule is COc1cccc(NC(=O)c2ccc(N3CCCC3)c([N+](=O)[O-])c2)c1.COc1cccc(NC(=O)c2ccc(N3CCCCC3)c([N+](=O)[O-])c2)c1. The Labute approximate surface area is 295 Å². The van der Waals surface area contributed by atoms with Crippen LogP contribution < -0.4 is 29.9 Å². The van der Waals surface area contributed by atoms with E-state index in [1.807, 2.05) is 9.80 Å². The highest BCUT2D eigenvalue weighted by atomic mass is 16.6. The van der Waals surface area contributed by atoms with E-state index in [-0.39, 0.29) is 22.5 Å². The summed E-state index contributed by atoms with van der Waals surface area (Å²) in [4.78, 5) is 51.0. The zero-order valence-corrected chi connectivity index (χ0v) is 28.5. The second-order valence-corrected chi connectivity index (χ2v) is 12.0. The Morgan fingerprint density at radius 1 is 0.588 bits per heavy atom. The van der Waals surface area contributed by atoms with Gasteiger partial charge in [0, 0.05) is 72.9 Å². The van der Waals surface area contributed by atoms with Gasteiger partial charge in [-0.25, -0.2) is 0 Å². The summed E-state index contributed by atoms with van der Waals surface area (Å²) < 4.78 is 10.2. The van der Waals surface area contributed by atoms with Crippen LogP contribution in [0, 0.1) is 20.2 Å². The van der Waals surface area contributed by atoms with Gasteiger partial charge in [-0.15, -0.1) is 0 Å². The molecule has 0 spiro atoms. The van der Waals surface area contributed by atoms with E-state index in [4.69, 9.17) is 9.47 Å². The molecule has 2 fully saturated rings. The topological polar surface area (TPSA) is 169 Å². The fraction of sp³-hybridized carbons (Fsp3) is 0.297. The van der Waals surface area contributed by atoms with E-state index in [2.05, 4.69) is 10.6 Å². The molecule has 2 aliphatic heterocycles. The number of hydrogen-bond donors (Lipinski definition) is 2. The van der Waals surface area contributed by atoms with E-state index < -0.39 is 21.7 Å². The van der Waals surface area contributed by atoms with Crippen LogP contribution in [0.25, 0.3) is 0 Å². The Bertz CT molecular complexity index is 1890. The molecule has 4 aromatic carbocycles. The summed E-state index contributed by atoms with van der Waals surface area (Å²) in [6.45, 7) is 3.21. The van der Waals surface area contributed by atoms with Gasteiger partial charge in [0.25, 0.3) is 23.2 Å². The van der Waals surface area contributed by atoms with Gasteiger partial charge in [0.15, 0.2) is 0 Å². The number of carbonyl (C=O) groups excluding carboxylic acids is 2. The number of carbonyl (C=O) groups is 2. The number of piperidine rings is 1. The number of hydrogen-bond acceptors (Lipinski definition) is 10. The average Bonchev–Trinajstić information content (AvgIpc) is 3.70. The lowest BCUT2D eigenvalue weighted by molar-refractivity contribution is -0.384. The summed E-state index contributed by atoms with van der Waals surface area (Å²) in [6.07, 6.45) is 5.24. The predicted octanol–water partition coefficient (Wildman–Crippen LogP) is 7.30. The number of nitrogens with one attached hydrogen (secondary N) is 2. The average molecular weight is 697 g/mol. The molecule has 4 aromatic rings. The van der Waals surface area contributed by atoms with Gasteiger partial charge < -0.3 is 29.9 Å². The van der Waals surface area contributed by atoms with Crippen LogP contribution in [0.15, 0.2) is 84.9 Å². The van der Waals surface area contributed by atoms with Gasteiger partial charge in [-0.05, 0) is 80.6 Å². The predicted molar refractivity (Wildman–Crippen MR) is 196 cm³/mol. The molecule has 0 unspecified atom stereocenters. The van der Waals surface area contributed by atoms with Gasteiger partial charge in [-0.3, -0.25) is 29.8 Å². The summed E-state index contributed by atoms with van der Waals surface area (Å²) in [5.74, 6) is 0.443. The fourth-order valence-corrected chi connectivity index (χ4v) is 6.06. The molecular weight excluding hydrogens is 656 g/mol. The fourth-order valence-electron chi connectivity index (χ4n) is 6.06. The van der Waals surface area contributed by atoms with Crippen molar-refractivity contribution < 1.29 is 28.9 Å². The maximum absolute atomic E-state index is 12.5. The van der Waals surface area contributed by atoms with E-state index in [0.29, 0.717) is 34.2 Å². The molecule has 14 nitrogen and oxygen atoms in total. The Hall–Kier alpha value is -6.18. The standard InChI is InChI=1S/C19H21N3O4.C18H19N3O4/c1-26-16-7-5-6-15(13-16)20-19(23)14-8-9-17(18(12-14)22(24)25)21-10-3-2-4-11-21;1-25-15-6-4-5-14(12-15)19-18(22)13-7-8-16(17(11-13)21(23)24)20-9-2-3-10-20/h5-9,12-13H,2-4,10-11H2,1H3,(H,20,23);4-8,11-12H,2-3,9-10H2,1H3,(H,19,22). The van der Waals surface area contributed by atoms with Crippen LogP contribution in [0.5, 0.6) is 11.5 Å². The zero-order chi connectivity index (χ0) is 36.3. The van der Waals surface area contributed by atoms with Crippen molar-refractivity contribution in [2.75, 3.05) is 60.8 Å². The molecule has 0 radical (unpaired) electrons. The van der Waals surface area contributed by atoms with Crippen molar-refractivity contribution in [2.45, 2.75) is 32.1 Å². The first-order valence-corrected chi connectivity index (χ1v) is 16.6. The first kappa shape index (κ1) is 36.1. The molecular formula is C37H40N6O8. The Morgan fingerprint density at radius 2 is 0.980 bits per heavy atom. The second-order valence-electron chi connectivity index (χ2n) is 12.0. The van der Waals surface area contributed by atoms with Crippen molar-refractivity contribution in [3.05, 3.63) is 116 Å². The molecule has 51 heavy (non-hydrogen) atoms. The third-order valence-corrected chi connectivity index (χ3v) is 8.67. The van der Waals surface area contributed by atoms with Crippen LogP contribution in [0.1, 0.15) is 52.8 Å². The highest BCUT2D eigenvalue weighted by Crippen LogP contribution is 2.33. The summed E-state index contributed by atoms with van der Waals surface area (Å²) in [7, 11) is 3.09. The van der Waals surface area contributed by atoms with E-state index in [1.54, 1.807) is 87.0 Å². The maximum atomic E-state index is 12.5. The molecule has 2 N–H and O–H groups in total. The molecule has 0 saturated carbocycles. The maximum Gasteiger partial charge on any atom is 0.293 e. The Kier molecular flexibility index (Phi) is 12.0. The monoisotopic (exact) mass is 696 g/mol. The van der Waals surface area contributed by atoms with Gasteiger partial charge in [-0.2, -0.15) is 0 Å². The molecule has 2 saturated heterocycles. The number of ether oxygens (including phenoxy) is 2. The van der Waals surface area contributed by atoms with Crippen LogP contribution >= 0.6 is 0 Å². The molecule has 0 aromatic heterocycles. The van der Waals surface area contributed by atoms with Crippen LogP contribution in [0.3, 0.4) is 0 Å². The molecule has 266 valence electrons. The molecule has 2 heterocycles. The van der Waals surface area contributed by atoms with Gasteiger partial charge in [0.1, 0.15) is 22.9 Å². The smallest absolute Gasteiger partial charge is 0.293 e. The van der Waals surface area contributed by atoms with E-state index in [0.717, 1.165) is 58.3 Å². The molecule has 14 heteroatoms. The number of amides is 2. The van der Waals surface area contributed by atoms with Gasteiger partial charge >= 0.3 is 0 Å². The summed E-state index contributed by atoms with van der Waals surface area (Å²) >= 11 is 0. The molecule has 2 amide bonds. The summed E-state index contributed by atoms with van der Waals surface area (Å²) in [5, 5.41) is 28.4. The van der Waals surface area contributed by atoms with Gasteiger partial charge in [0.2, 0.25) is 0 Å². The lowest BCUT2D eigenvalue weighted by atomic mass is 10.1. The highest BCUT2D eigenvalue weighted by Gasteiger charge is 2.25. The van der Waals surface area contributed by atoms with Crippen molar-refractivity contribution in [2.24, 2.45) is 0 Å². The lowest BCUT2D eigenvalue weighted by Gasteiger charge is -2.28. The van der Waals surface area contributed by atoms with Crippen molar-refractivity contribution in [3.63, 3.8) is 0 Å². The number of nitro groups is 2. The molecule has 2 aliphatic rings. The number of anilines is 4.